The fraction of sp³-hybridized carbons (Fsp3) is 0.176. The van der Waals surface area contributed by atoms with E-state index < -0.39 is 11.3 Å². The van der Waals surface area contributed by atoms with Gasteiger partial charge < -0.3 is 0 Å². The lowest BCUT2D eigenvalue weighted by Crippen LogP contribution is -2.46. The number of halogens is 2. The Hall–Kier alpha value is -1.85. The molecule has 2 aromatic rings. The van der Waals surface area contributed by atoms with Gasteiger partial charge in [0.2, 0.25) is 5.91 Å². The van der Waals surface area contributed by atoms with E-state index >= 15 is 0 Å². The van der Waals surface area contributed by atoms with Crippen LogP contribution in [0.15, 0.2) is 53.0 Å². The summed E-state index contributed by atoms with van der Waals surface area (Å²) in [5.74, 6) is -0.643. The summed E-state index contributed by atoms with van der Waals surface area (Å²) in [4.78, 5) is 24.5. The summed E-state index contributed by atoms with van der Waals surface area (Å²) in [6.45, 7) is 0. The summed E-state index contributed by atoms with van der Waals surface area (Å²) >= 11 is 9.35. The molecule has 0 bridgehead atoms. The van der Waals surface area contributed by atoms with E-state index in [1.807, 2.05) is 24.3 Å². The van der Waals surface area contributed by atoms with Crippen molar-refractivity contribution in [1.82, 2.24) is 10.9 Å². The minimum Gasteiger partial charge on any atom is -0.272 e. The summed E-state index contributed by atoms with van der Waals surface area (Å²) in [7, 11) is 0. The zero-order chi connectivity index (χ0) is 16.4. The van der Waals surface area contributed by atoms with Crippen LogP contribution in [0.2, 0.25) is 5.02 Å². The molecule has 23 heavy (non-hydrogen) atoms. The van der Waals surface area contributed by atoms with Crippen LogP contribution >= 0.6 is 27.5 Å². The van der Waals surface area contributed by atoms with Crippen LogP contribution in [0.25, 0.3) is 0 Å². The number of carbonyl (C=O) groups is 2. The van der Waals surface area contributed by atoms with E-state index in [9.17, 15) is 9.59 Å². The molecule has 1 saturated carbocycles. The third kappa shape index (κ3) is 3.26. The number of hydrogen-bond donors (Lipinski definition) is 2. The highest BCUT2D eigenvalue weighted by atomic mass is 79.9. The Morgan fingerprint density at radius 1 is 1.00 bits per heavy atom. The Kier molecular flexibility index (Phi) is 4.41. The molecule has 2 N–H and O–H groups in total. The average Bonchev–Trinajstić information content (AvgIpc) is 3.35. The molecule has 6 heteroatoms. The zero-order valence-corrected chi connectivity index (χ0v) is 14.4. The highest BCUT2D eigenvalue weighted by Crippen LogP contribution is 2.48. The molecule has 0 saturated heterocycles. The van der Waals surface area contributed by atoms with Crippen LogP contribution in [0.4, 0.5) is 0 Å². The van der Waals surface area contributed by atoms with Gasteiger partial charge >= 0.3 is 0 Å². The van der Waals surface area contributed by atoms with E-state index in [4.69, 9.17) is 11.6 Å². The van der Waals surface area contributed by atoms with Crippen molar-refractivity contribution in [2.75, 3.05) is 0 Å². The van der Waals surface area contributed by atoms with Crippen LogP contribution in [0.3, 0.4) is 0 Å². The first-order chi connectivity index (χ1) is 11.0. The fourth-order valence-corrected chi connectivity index (χ4v) is 2.97. The molecule has 0 spiro atoms. The van der Waals surface area contributed by atoms with Crippen molar-refractivity contribution < 1.29 is 9.59 Å². The standard InChI is InChI=1S/C17H14BrClN2O2/c18-12-7-5-11(6-8-12)17(9-10-17)16(23)21-20-15(22)13-3-1-2-4-14(13)19/h1-8H,9-10H2,(H,20,22)(H,21,23). The second-order valence-corrected chi connectivity index (χ2v) is 6.80. The van der Waals surface area contributed by atoms with Crippen LogP contribution in [-0.4, -0.2) is 11.8 Å². The summed E-state index contributed by atoms with van der Waals surface area (Å²) in [5, 5.41) is 0.341. The number of nitrogens with one attached hydrogen (secondary N) is 2. The second kappa shape index (κ2) is 6.34. The zero-order valence-electron chi connectivity index (χ0n) is 12.1. The lowest BCUT2D eigenvalue weighted by atomic mass is 9.95. The summed E-state index contributed by atoms with van der Waals surface area (Å²) in [6.07, 6.45) is 1.53. The molecule has 118 valence electrons. The maximum atomic E-state index is 12.5. The van der Waals surface area contributed by atoms with Crippen molar-refractivity contribution in [2.45, 2.75) is 18.3 Å². The van der Waals surface area contributed by atoms with Gasteiger partial charge in [-0.2, -0.15) is 0 Å². The smallest absolute Gasteiger partial charge is 0.271 e. The Bertz CT molecular complexity index is 757. The lowest BCUT2D eigenvalue weighted by Gasteiger charge is -2.16. The van der Waals surface area contributed by atoms with Gasteiger partial charge in [0.15, 0.2) is 0 Å². The van der Waals surface area contributed by atoms with Crippen molar-refractivity contribution in [2.24, 2.45) is 0 Å². The van der Waals surface area contributed by atoms with Gasteiger partial charge in [-0.3, -0.25) is 20.4 Å². The minimum absolute atomic E-state index is 0.208. The molecule has 1 fully saturated rings. The van der Waals surface area contributed by atoms with E-state index in [2.05, 4.69) is 26.8 Å². The van der Waals surface area contributed by atoms with E-state index in [1.165, 1.54) is 0 Å². The monoisotopic (exact) mass is 392 g/mol. The molecule has 0 heterocycles. The van der Waals surface area contributed by atoms with E-state index in [1.54, 1.807) is 24.3 Å². The first-order valence-corrected chi connectivity index (χ1v) is 8.31. The molecule has 1 aliphatic carbocycles. The quantitative estimate of drug-likeness (QED) is 0.783. The van der Waals surface area contributed by atoms with Crippen molar-refractivity contribution in [3.63, 3.8) is 0 Å². The first-order valence-electron chi connectivity index (χ1n) is 7.14. The molecular weight excluding hydrogens is 380 g/mol. The SMILES string of the molecule is O=C(NNC(=O)C1(c2ccc(Br)cc2)CC1)c1ccccc1Cl. The molecule has 3 rings (SSSR count). The largest absolute Gasteiger partial charge is 0.272 e. The molecule has 0 aliphatic heterocycles. The van der Waals surface area contributed by atoms with Gasteiger partial charge in [0, 0.05) is 4.47 Å². The van der Waals surface area contributed by atoms with Crippen LogP contribution in [-0.2, 0) is 10.2 Å². The number of amides is 2. The second-order valence-electron chi connectivity index (χ2n) is 5.48. The number of hydrazine groups is 1. The van der Waals surface area contributed by atoms with Gasteiger partial charge in [0.25, 0.3) is 5.91 Å². The summed E-state index contributed by atoms with van der Waals surface area (Å²) in [6, 6.07) is 14.3. The average molecular weight is 394 g/mol. The minimum atomic E-state index is -0.547. The molecule has 0 unspecified atom stereocenters. The molecule has 0 aromatic heterocycles. The first kappa shape index (κ1) is 16.0. The Labute approximate surface area is 147 Å². The Balaban J connectivity index is 1.67. The van der Waals surface area contributed by atoms with Crippen LogP contribution in [0.1, 0.15) is 28.8 Å². The number of hydrogen-bond acceptors (Lipinski definition) is 2. The van der Waals surface area contributed by atoms with E-state index in [-0.39, 0.29) is 5.91 Å². The maximum Gasteiger partial charge on any atom is 0.271 e. The van der Waals surface area contributed by atoms with E-state index in [0.29, 0.717) is 10.6 Å². The predicted octanol–water partition coefficient (Wildman–Crippen LogP) is 3.60. The fourth-order valence-electron chi connectivity index (χ4n) is 2.49. The molecule has 0 radical (unpaired) electrons. The maximum absolute atomic E-state index is 12.5. The van der Waals surface area contributed by atoms with Gasteiger partial charge in [-0.1, -0.05) is 51.8 Å². The molecule has 2 aromatic carbocycles. The van der Waals surface area contributed by atoms with Crippen molar-refractivity contribution >= 4 is 39.3 Å². The molecule has 1 aliphatic rings. The van der Waals surface area contributed by atoms with Gasteiger partial charge in [0.05, 0.1) is 16.0 Å². The van der Waals surface area contributed by atoms with Crippen LogP contribution in [0.5, 0.6) is 0 Å². The molecule has 0 atom stereocenters. The topological polar surface area (TPSA) is 58.2 Å². The lowest BCUT2D eigenvalue weighted by molar-refractivity contribution is -0.124. The van der Waals surface area contributed by atoms with Crippen molar-refractivity contribution in [1.29, 1.82) is 0 Å². The van der Waals surface area contributed by atoms with Crippen molar-refractivity contribution in [3.8, 4) is 0 Å². The van der Waals surface area contributed by atoms with Gasteiger partial charge in [0.1, 0.15) is 0 Å². The predicted molar refractivity (Wildman–Crippen MR) is 92.1 cm³/mol. The number of benzene rings is 2. The van der Waals surface area contributed by atoms with Gasteiger partial charge in [-0.15, -0.1) is 0 Å². The summed E-state index contributed by atoms with van der Waals surface area (Å²) in [5.41, 5.74) is 5.67. The number of carbonyl (C=O) groups excluding carboxylic acids is 2. The number of rotatable bonds is 3. The van der Waals surface area contributed by atoms with Crippen molar-refractivity contribution in [3.05, 3.63) is 69.2 Å². The van der Waals surface area contributed by atoms with E-state index in [0.717, 1.165) is 22.9 Å². The molecular formula is C17H14BrClN2O2. The van der Waals surface area contributed by atoms with Gasteiger partial charge in [-0.05, 0) is 42.7 Å². The third-order valence-corrected chi connectivity index (χ3v) is 4.85. The molecule has 2 amide bonds. The Morgan fingerprint density at radius 3 is 2.26 bits per heavy atom. The normalized spacial score (nSPS) is 14.9. The van der Waals surface area contributed by atoms with Gasteiger partial charge in [-0.25, -0.2) is 0 Å². The molecule has 4 nitrogen and oxygen atoms in total. The highest BCUT2D eigenvalue weighted by Gasteiger charge is 2.51. The highest BCUT2D eigenvalue weighted by molar-refractivity contribution is 9.10. The Morgan fingerprint density at radius 2 is 1.65 bits per heavy atom. The summed E-state index contributed by atoms with van der Waals surface area (Å²) < 4.78 is 0.962. The van der Waals surface area contributed by atoms with Crippen LogP contribution in [0, 0.1) is 0 Å². The van der Waals surface area contributed by atoms with Crippen LogP contribution < -0.4 is 10.9 Å². The third-order valence-electron chi connectivity index (χ3n) is 3.99.